The summed E-state index contributed by atoms with van der Waals surface area (Å²) in [6.07, 6.45) is -4.38. The van der Waals surface area contributed by atoms with Crippen molar-refractivity contribution in [1.82, 2.24) is 0 Å². The number of nitrogens with two attached hydrogens (primary N) is 1. The van der Waals surface area contributed by atoms with Crippen LogP contribution in [0.25, 0.3) is 0 Å². The Bertz CT molecular complexity index is 656. The van der Waals surface area contributed by atoms with Crippen LogP contribution in [0.3, 0.4) is 0 Å². The van der Waals surface area contributed by atoms with E-state index in [0.29, 0.717) is 20.5 Å². The van der Waals surface area contributed by atoms with Gasteiger partial charge in [0.25, 0.3) is 0 Å². The Morgan fingerprint density at radius 1 is 1.14 bits per heavy atom. The molecule has 0 aliphatic carbocycles. The molecule has 0 radical (unpaired) electrons. The van der Waals surface area contributed by atoms with Crippen molar-refractivity contribution < 1.29 is 17.6 Å². The van der Waals surface area contributed by atoms with E-state index in [1.54, 1.807) is 6.07 Å². The number of alkyl halides is 3. The molecule has 3 N–H and O–H groups in total. The lowest BCUT2D eigenvalue weighted by Crippen LogP contribution is -2.07. The van der Waals surface area contributed by atoms with Crippen LogP contribution in [0.4, 0.5) is 28.9 Å². The lowest BCUT2D eigenvalue weighted by molar-refractivity contribution is -0.137. The molecule has 0 fully saturated rings. The highest BCUT2D eigenvalue weighted by molar-refractivity contribution is 14.1. The zero-order valence-electron chi connectivity index (χ0n) is 10.6. The first-order valence-electron chi connectivity index (χ1n) is 5.92. The van der Waals surface area contributed by atoms with Crippen molar-refractivity contribution in [3.8, 4) is 0 Å². The summed E-state index contributed by atoms with van der Waals surface area (Å²) in [5.74, 6) is -0.434. The zero-order chi connectivity index (χ0) is 15.6. The predicted octanol–water partition coefficient (Wildman–Crippen LogP) is 4.64. The molecule has 2 nitrogen and oxygen atoms in total. The van der Waals surface area contributed by atoms with Crippen LogP contribution < -0.4 is 11.1 Å². The Hall–Kier alpha value is -1.51. The van der Waals surface area contributed by atoms with E-state index in [1.807, 2.05) is 22.6 Å². The average molecular weight is 410 g/mol. The summed E-state index contributed by atoms with van der Waals surface area (Å²) < 4.78 is 51.6. The first-order valence-corrected chi connectivity index (χ1v) is 7.00. The highest BCUT2D eigenvalue weighted by Crippen LogP contribution is 2.30. The summed E-state index contributed by atoms with van der Waals surface area (Å²) in [4.78, 5) is 0. The minimum atomic E-state index is -4.38. The van der Waals surface area contributed by atoms with Crippen molar-refractivity contribution in [2.45, 2.75) is 12.7 Å². The van der Waals surface area contributed by atoms with Gasteiger partial charge in [-0.25, -0.2) is 4.39 Å². The molecule has 112 valence electrons. The molecule has 21 heavy (non-hydrogen) atoms. The molecule has 7 heteroatoms. The second-order valence-electron chi connectivity index (χ2n) is 4.41. The van der Waals surface area contributed by atoms with Gasteiger partial charge in [0.1, 0.15) is 5.82 Å². The standard InChI is InChI=1S/C14H11F4IN2/c15-10-5-13(12(20)6-11(10)19)21-7-8-2-1-3-9(4-8)14(16,17)18/h1-6,21H,7,20H2. The van der Waals surface area contributed by atoms with E-state index in [4.69, 9.17) is 5.73 Å². The maximum Gasteiger partial charge on any atom is 0.416 e. The highest BCUT2D eigenvalue weighted by Gasteiger charge is 2.30. The molecule has 0 aromatic heterocycles. The maximum absolute atomic E-state index is 13.5. The summed E-state index contributed by atoms with van der Waals surface area (Å²) in [6, 6.07) is 7.63. The summed E-state index contributed by atoms with van der Waals surface area (Å²) in [7, 11) is 0. The Kier molecular flexibility index (Phi) is 4.60. The summed E-state index contributed by atoms with van der Waals surface area (Å²) in [6.45, 7) is 0.119. The fourth-order valence-corrected chi connectivity index (χ4v) is 2.26. The normalized spacial score (nSPS) is 11.5. The first kappa shape index (κ1) is 15.9. The fourth-order valence-electron chi connectivity index (χ4n) is 1.77. The van der Waals surface area contributed by atoms with Crippen LogP contribution in [0, 0.1) is 9.39 Å². The van der Waals surface area contributed by atoms with Crippen LogP contribution in [0.15, 0.2) is 36.4 Å². The minimum Gasteiger partial charge on any atom is -0.397 e. The number of hydrogen-bond donors (Lipinski definition) is 2. The molecule has 0 saturated carbocycles. The van der Waals surface area contributed by atoms with Crippen molar-refractivity contribution >= 4 is 34.0 Å². The number of anilines is 2. The van der Waals surface area contributed by atoms with E-state index >= 15 is 0 Å². The molecular weight excluding hydrogens is 399 g/mol. The Morgan fingerprint density at radius 2 is 1.86 bits per heavy atom. The molecule has 0 spiro atoms. The van der Waals surface area contributed by atoms with E-state index < -0.39 is 17.6 Å². The van der Waals surface area contributed by atoms with Gasteiger partial charge in [0.2, 0.25) is 0 Å². The molecule has 0 bridgehead atoms. The lowest BCUT2D eigenvalue weighted by atomic mass is 10.1. The van der Waals surface area contributed by atoms with E-state index in [2.05, 4.69) is 5.32 Å². The lowest BCUT2D eigenvalue weighted by Gasteiger charge is -2.12. The van der Waals surface area contributed by atoms with Gasteiger partial charge in [-0.15, -0.1) is 0 Å². The van der Waals surface area contributed by atoms with Crippen molar-refractivity contribution in [1.29, 1.82) is 0 Å². The van der Waals surface area contributed by atoms with Crippen LogP contribution in [-0.2, 0) is 12.7 Å². The highest BCUT2D eigenvalue weighted by atomic mass is 127. The summed E-state index contributed by atoms with van der Waals surface area (Å²) in [5.41, 5.74) is 6.15. The molecule has 0 aliphatic rings. The molecule has 0 unspecified atom stereocenters. The molecule has 2 aromatic carbocycles. The number of hydrogen-bond acceptors (Lipinski definition) is 2. The van der Waals surface area contributed by atoms with Gasteiger partial charge in [0.05, 0.1) is 20.5 Å². The third-order valence-electron chi connectivity index (χ3n) is 2.83. The number of halogens is 5. The molecule has 0 atom stereocenters. The Labute approximate surface area is 132 Å². The van der Waals surface area contributed by atoms with Crippen LogP contribution in [0.2, 0.25) is 0 Å². The molecule has 2 aromatic rings. The van der Waals surface area contributed by atoms with Crippen LogP contribution in [0.1, 0.15) is 11.1 Å². The molecular formula is C14H11F4IN2. The molecule has 0 amide bonds. The molecule has 2 rings (SSSR count). The SMILES string of the molecule is Nc1cc(I)c(F)cc1NCc1cccc(C(F)(F)F)c1. The van der Waals surface area contributed by atoms with Crippen LogP contribution in [-0.4, -0.2) is 0 Å². The van der Waals surface area contributed by atoms with Gasteiger partial charge >= 0.3 is 6.18 Å². The van der Waals surface area contributed by atoms with Crippen LogP contribution in [0.5, 0.6) is 0 Å². The number of rotatable bonds is 3. The van der Waals surface area contributed by atoms with Crippen LogP contribution >= 0.6 is 22.6 Å². The third kappa shape index (κ3) is 3.99. The van der Waals surface area contributed by atoms with E-state index in [-0.39, 0.29) is 6.54 Å². The summed E-state index contributed by atoms with van der Waals surface area (Å²) in [5, 5.41) is 2.84. The van der Waals surface area contributed by atoms with Crippen molar-refractivity contribution in [3.63, 3.8) is 0 Å². The monoisotopic (exact) mass is 410 g/mol. The van der Waals surface area contributed by atoms with Crippen molar-refractivity contribution in [3.05, 3.63) is 56.9 Å². The smallest absolute Gasteiger partial charge is 0.397 e. The van der Waals surface area contributed by atoms with Gasteiger partial charge in [0, 0.05) is 12.6 Å². The van der Waals surface area contributed by atoms with Gasteiger partial charge in [-0.1, -0.05) is 12.1 Å². The number of nitrogens with one attached hydrogen (secondary N) is 1. The van der Waals surface area contributed by atoms with Gasteiger partial charge < -0.3 is 11.1 Å². The zero-order valence-corrected chi connectivity index (χ0v) is 12.8. The van der Waals surface area contributed by atoms with Crippen molar-refractivity contribution in [2.24, 2.45) is 0 Å². The van der Waals surface area contributed by atoms with Gasteiger partial charge in [-0.3, -0.25) is 0 Å². The van der Waals surface area contributed by atoms with E-state index in [9.17, 15) is 17.6 Å². The minimum absolute atomic E-state index is 0.119. The first-order chi connectivity index (χ1) is 9.77. The Morgan fingerprint density at radius 3 is 2.52 bits per heavy atom. The quantitative estimate of drug-likeness (QED) is 0.440. The van der Waals surface area contributed by atoms with E-state index in [0.717, 1.165) is 12.1 Å². The summed E-state index contributed by atoms with van der Waals surface area (Å²) >= 11 is 1.81. The van der Waals surface area contributed by atoms with Gasteiger partial charge in [0.15, 0.2) is 0 Å². The second kappa shape index (κ2) is 6.08. The largest absolute Gasteiger partial charge is 0.416 e. The van der Waals surface area contributed by atoms with Gasteiger partial charge in [-0.2, -0.15) is 13.2 Å². The third-order valence-corrected chi connectivity index (χ3v) is 3.66. The molecule has 0 heterocycles. The number of benzene rings is 2. The second-order valence-corrected chi connectivity index (χ2v) is 5.57. The van der Waals surface area contributed by atoms with Gasteiger partial charge in [-0.05, 0) is 46.4 Å². The maximum atomic E-state index is 13.5. The fraction of sp³-hybridized carbons (Fsp3) is 0.143. The molecule has 0 saturated heterocycles. The molecule has 0 aliphatic heterocycles. The Balaban J connectivity index is 2.15. The predicted molar refractivity (Wildman–Crippen MR) is 82.3 cm³/mol. The van der Waals surface area contributed by atoms with E-state index in [1.165, 1.54) is 18.2 Å². The number of nitrogen functional groups attached to an aromatic ring is 1. The van der Waals surface area contributed by atoms with Crippen molar-refractivity contribution in [2.75, 3.05) is 11.1 Å². The average Bonchev–Trinajstić information content (AvgIpc) is 2.41. The topological polar surface area (TPSA) is 38.0 Å².